The monoisotopic (exact) mass is 202 g/mol. The number of aliphatic carboxylic acids is 1. The van der Waals surface area contributed by atoms with Crippen LogP contribution in [0.5, 0.6) is 0 Å². The van der Waals surface area contributed by atoms with Crippen LogP contribution >= 0.6 is 0 Å². The minimum absolute atomic E-state index is 0.0655. The average Bonchev–Trinajstić information content (AvgIpc) is 2.00. The molecule has 0 aromatic heterocycles. The Morgan fingerprint density at radius 3 is 2.21 bits per heavy atom. The van der Waals surface area contributed by atoms with Gasteiger partial charge >= 0.3 is 5.97 Å². The summed E-state index contributed by atoms with van der Waals surface area (Å²) >= 11 is 0. The summed E-state index contributed by atoms with van der Waals surface area (Å²) in [6, 6.07) is -0.913. The second-order valence-corrected chi connectivity index (χ2v) is 3.77. The molecule has 0 bridgehead atoms. The van der Waals surface area contributed by atoms with Crippen molar-refractivity contribution in [2.24, 2.45) is 11.7 Å². The van der Waals surface area contributed by atoms with E-state index in [1.807, 2.05) is 13.8 Å². The number of amides is 1. The van der Waals surface area contributed by atoms with Crippen molar-refractivity contribution in [1.29, 1.82) is 0 Å². The fourth-order valence-corrected chi connectivity index (χ4v) is 1.04. The molecule has 14 heavy (non-hydrogen) atoms. The maximum Gasteiger partial charge on any atom is 0.320 e. The van der Waals surface area contributed by atoms with Gasteiger partial charge in [0, 0.05) is 12.5 Å². The predicted octanol–water partition coefficient (Wildman–Crippen LogP) is -0.0509. The van der Waals surface area contributed by atoms with Crippen molar-refractivity contribution >= 4 is 11.9 Å². The summed E-state index contributed by atoms with van der Waals surface area (Å²) in [5.74, 6) is -1.59. The van der Waals surface area contributed by atoms with Crippen LogP contribution in [0.3, 0.4) is 0 Å². The molecule has 0 aliphatic rings. The van der Waals surface area contributed by atoms with Gasteiger partial charge in [-0.2, -0.15) is 0 Å². The summed E-state index contributed by atoms with van der Waals surface area (Å²) in [4.78, 5) is 21.7. The van der Waals surface area contributed by atoms with E-state index in [1.54, 1.807) is 6.92 Å². The number of carboxylic acids is 1. The number of nitrogens with one attached hydrogen (secondary N) is 1. The molecule has 0 aromatic carbocycles. The van der Waals surface area contributed by atoms with Crippen LogP contribution in [-0.2, 0) is 9.59 Å². The van der Waals surface area contributed by atoms with E-state index >= 15 is 0 Å². The Kier molecular flexibility index (Phi) is 5.15. The van der Waals surface area contributed by atoms with Crippen molar-refractivity contribution < 1.29 is 14.7 Å². The fourth-order valence-electron chi connectivity index (χ4n) is 1.04. The van der Waals surface area contributed by atoms with Gasteiger partial charge in [-0.1, -0.05) is 6.92 Å². The van der Waals surface area contributed by atoms with Crippen LogP contribution in [0.1, 0.15) is 27.2 Å². The third-order valence-electron chi connectivity index (χ3n) is 1.86. The highest BCUT2D eigenvalue weighted by molar-refractivity contribution is 5.79. The van der Waals surface area contributed by atoms with E-state index in [2.05, 4.69) is 5.32 Å². The molecule has 82 valence electrons. The molecule has 0 heterocycles. The fraction of sp³-hybridized carbons (Fsp3) is 0.778. The quantitative estimate of drug-likeness (QED) is 0.582. The standard InChI is InChI=1S/C9H18N2O3/c1-5(2)11-7(12)4-6(3)8(10)9(13)14/h5-6,8H,4,10H2,1-3H3,(H,11,12)(H,13,14)/t6?,8-/m0/s1. The maximum absolute atomic E-state index is 11.2. The highest BCUT2D eigenvalue weighted by Gasteiger charge is 2.22. The van der Waals surface area contributed by atoms with E-state index in [4.69, 9.17) is 10.8 Å². The summed E-state index contributed by atoms with van der Waals surface area (Å²) < 4.78 is 0. The van der Waals surface area contributed by atoms with E-state index in [0.717, 1.165) is 0 Å². The zero-order chi connectivity index (χ0) is 11.3. The van der Waals surface area contributed by atoms with Crippen molar-refractivity contribution in [2.75, 3.05) is 0 Å². The number of rotatable bonds is 5. The Bertz CT molecular complexity index is 216. The highest BCUT2D eigenvalue weighted by Crippen LogP contribution is 2.06. The lowest BCUT2D eigenvalue weighted by atomic mass is 9.99. The Labute approximate surface area is 83.7 Å². The number of hydrogen-bond acceptors (Lipinski definition) is 3. The number of hydrogen-bond donors (Lipinski definition) is 3. The normalized spacial score (nSPS) is 14.9. The van der Waals surface area contributed by atoms with Crippen LogP contribution in [-0.4, -0.2) is 29.1 Å². The van der Waals surface area contributed by atoms with Crippen molar-refractivity contribution in [3.05, 3.63) is 0 Å². The minimum atomic E-state index is -1.07. The molecule has 5 nitrogen and oxygen atoms in total. The lowest BCUT2D eigenvalue weighted by molar-refractivity contribution is -0.139. The van der Waals surface area contributed by atoms with Crippen LogP contribution in [0.2, 0.25) is 0 Å². The lowest BCUT2D eigenvalue weighted by Gasteiger charge is -2.16. The molecular weight excluding hydrogens is 184 g/mol. The molecule has 0 aliphatic heterocycles. The Morgan fingerprint density at radius 1 is 1.36 bits per heavy atom. The molecule has 4 N–H and O–H groups in total. The molecule has 0 aliphatic carbocycles. The second-order valence-electron chi connectivity index (χ2n) is 3.77. The molecular formula is C9H18N2O3. The summed E-state index contributed by atoms with van der Waals surface area (Å²) in [7, 11) is 0. The van der Waals surface area contributed by atoms with E-state index in [0.29, 0.717) is 0 Å². The zero-order valence-corrected chi connectivity index (χ0v) is 8.78. The first-order chi connectivity index (χ1) is 6.34. The molecule has 1 unspecified atom stereocenters. The van der Waals surface area contributed by atoms with Gasteiger partial charge in [0.15, 0.2) is 0 Å². The average molecular weight is 202 g/mol. The largest absolute Gasteiger partial charge is 0.480 e. The smallest absolute Gasteiger partial charge is 0.320 e. The van der Waals surface area contributed by atoms with Gasteiger partial charge in [-0.15, -0.1) is 0 Å². The SMILES string of the molecule is CC(C)NC(=O)CC(C)[C@H](N)C(=O)O. The lowest BCUT2D eigenvalue weighted by Crippen LogP contribution is -2.40. The zero-order valence-electron chi connectivity index (χ0n) is 8.78. The number of nitrogens with two attached hydrogens (primary N) is 1. The van der Waals surface area contributed by atoms with Crippen molar-refractivity contribution in [2.45, 2.75) is 39.3 Å². The molecule has 0 rings (SSSR count). The molecule has 0 fully saturated rings. The predicted molar refractivity (Wildman–Crippen MR) is 52.7 cm³/mol. The molecule has 0 saturated heterocycles. The molecule has 2 atom stereocenters. The Morgan fingerprint density at radius 2 is 1.86 bits per heavy atom. The first-order valence-electron chi connectivity index (χ1n) is 4.62. The summed E-state index contributed by atoms with van der Waals surface area (Å²) in [6.45, 7) is 5.35. The van der Waals surface area contributed by atoms with Crippen molar-refractivity contribution in [3.8, 4) is 0 Å². The van der Waals surface area contributed by atoms with Crippen LogP contribution in [0, 0.1) is 5.92 Å². The summed E-state index contributed by atoms with van der Waals surface area (Å²) in [5.41, 5.74) is 5.36. The van der Waals surface area contributed by atoms with Crippen LogP contribution in [0.25, 0.3) is 0 Å². The topological polar surface area (TPSA) is 92.4 Å². The minimum Gasteiger partial charge on any atom is -0.480 e. The molecule has 0 spiro atoms. The highest BCUT2D eigenvalue weighted by atomic mass is 16.4. The summed E-state index contributed by atoms with van der Waals surface area (Å²) in [6.07, 6.45) is 0.144. The Hall–Kier alpha value is -1.10. The van der Waals surface area contributed by atoms with Crippen molar-refractivity contribution in [3.63, 3.8) is 0 Å². The number of carboxylic acid groups (broad SMARTS) is 1. The third kappa shape index (κ3) is 4.81. The Balaban J connectivity index is 3.99. The first-order valence-corrected chi connectivity index (χ1v) is 4.62. The van der Waals surface area contributed by atoms with Gasteiger partial charge in [-0.05, 0) is 19.8 Å². The van der Waals surface area contributed by atoms with Gasteiger partial charge in [-0.3, -0.25) is 9.59 Å². The van der Waals surface area contributed by atoms with E-state index in [9.17, 15) is 9.59 Å². The van der Waals surface area contributed by atoms with Crippen LogP contribution in [0.4, 0.5) is 0 Å². The number of carbonyl (C=O) groups is 2. The van der Waals surface area contributed by atoms with Gasteiger partial charge in [0.1, 0.15) is 6.04 Å². The van der Waals surface area contributed by atoms with E-state index < -0.39 is 12.0 Å². The molecule has 0 aromatic rings. The molecule has 0 saturated carbocycles. The maximum atomic E-state index is 11.2. The third-order valence-corrected chi connectivity index (χ3v) is 1.86. The van der Waals surface area contributed by atoms with Crippen LogP contribution < -0.4 is 11.1 Å². The number of carbonyl (C=O) groups excluding carboxylic acids is 1. The second kappa shape index (κ2) is 5.59. The first kappa shape index (κ1) is 12.9. The molecule has 5 heteroatoms. The van der Waals surface area contributed by atoms with Crippen LogP contribution in [0.15, 0.2) is 0 Å². The van der Waals surface area contributed by atoms with Gasteiger partial charge in [0.25, 0.3) is 0 Å². The van der Waals surface area contributed by atoms with Crippen molar-refractivity contribution in [1.82, 2.24) is 5.32 Å². The van der Waals surface area contributed by atoms with Gasteiger partial charge in [-0.25, -0.2) is 0 Å². The van der Waals surface area contributed by atoms with E-state index in [-0.39, 0.29) is 24.3 Å². The molecule has 0 radical (unpaired) electrons. The van der Waals surface area contributed by atoms with E-state index in [1.165, 1.54) is 0 Å². The van der Waals surface area contributed by atoms with Gasteiger partial charge in [0.2, 0.25) is 5.91 Å². The molecule has 1 amide bonds. The van der Waals surface area contributed by atoms with Gasteiger partial charge in [0.05, 0.1) is 0 Å². The summed E-state index contributed by atoms with van der Waals surface area (Å²) in [5, 5.41) is 11.3. The van der Waals surface area contributed by atoms with Gasteiger partial charge < -0.3 is 16.2 Å².